The highest BCUT2D eigenvalue weighted by molar-refractivity contribution is 9.10. The molecule has 1 heterocycles. The van der Waals surface area contributed by atoms with Crippen molar-refractivity contribution in [2.24, 2.45) is 0 Å². The number of anilines is 1. The number of rotatable bonds is 4. The quantitative estimate of drug-likeness (QED) is 0.812. The normalized spacial score (nSPS) is 15.0. The van der Waals surface area contributed by atoms with Gasteiger partial charge < -0.3 is 15.1 Å². The van der Waals surface area contributed by atoms with Gasteiger partial charge in [0, 0.05) is 15.7 Å². The molecule has 2 N–H and O–H groups in total. The molecule has 3 rings (SSSR count). The van der Waals surface area contributed by atoms with E-state index in [0.717, 1.165) is 28.8 Å². The van der Waals surface area contributed by atoms with Gasteiger partial charge in [0.2, 0.25) is 0 Å². The Bertz CT molecular complexity index is 743. The van der Waals surface area contributed by atoms with Crippen molar-refractivity contribution < 1.29 is 14.5 Å². The van der Waals surface area contributed by atoms with Gasteiger partial charge >= 0.3 is 0 Å². The molecule has 0 saturated carbocycles. The predicted octanol–water partition coefficient (Wildman–Crippen LogP) is 1.43. The van der Waals surface area contributed by atoms with Gasteiger partial charge in [0.05, 0.1) is 26.2 Å². The Labute approximate surface area is 155 Å². The van der Waals surface area contributed by atoms with Crippen molar-refractivity contribution in [3.63, 3.8) is 0 Å². The van der Waals surface area contributed by atoms with Crippen LogP contribution in [0.4, 0.5) is 5.69 Å². The summed E-state index contributed by atoms with van der Waals surface area (Å²) in [6.45, 7) is 3.33. The third kappa shape index (κ3) is 4.90. The van der Waals surface area contributed by atoms with Gasteiger partial charge in [0.1, 0.15) is 0 Å². The summed E-state index contributed by atoms with van der Waals surface area (Å²) in [5, 5.41) is 2.92. The number of halogens is 1. The average molecular weight is 403 g/mol. The van der Waals surface area contributed by atoms with Crippen molar-refractivity contribution in [2.75, 3.05) is 38.0 Å². The maximum absolute atomic E-state index is 12.4. The third-order valence-electron chi connectivity index (χ3n) is 4.30. The molecule has 130 valence electrons. The number of carbonyl (C=O) groups excluding carboxylic acids is 2. The fourth-order valence-electron chi connectivity index (χ4n) is 2.96. The summed E-state index contributed by atoms with van der Waals surface area (Å²) < 4.78 is 0.936. The van der Waals surface area contributed by atoms with Crippen LogP contribution in [0.3, 0.4) is 0 Å². The first-order valence-electron chi connectivity index (χ1n) is 8.35. The van der Waals surface area contributed by atoms with Gasteiger partial charge in [0.15, 0.2) is 6.54 Å². The fraction of sp³-hybridized carbons (Fsp3) is 0.263. The summed E-state index contributed by atoms with van der Waals surface area (Å²) in [6.07, 6.45) is 0. The SMILES string of the molecule is O=C(C[NH+]1CCN(C(=O)c2ccccc2)CC1)Nc1cccc(Br)c1. The Morgan fingerprint density at radius 2 is 1.76 bits per heavy atom. The number of piperazine rings is 1. The van der Waals surface area contributed by atoms with Crippen LogP contribution in [0.25, 0.3) is 0 Å². The summed E-state index contributed by atoms with van der Waals surface area (Å²) in [4.78, 5) is 27.7. The molecule has 6 heteroatoms. The lowest BCUT2D eigenvalue weighted by atomic mass is 10.2. The van der Waals surface area contributed by atoms with E-state index in [2.05, 4.69) is 21.2 Å². The van der Waals surface area contributed by atoms with E-state index >= 15 is 0 Å². The maximum atomic E-state index is 12.4. The zero-order valence-electron chi connectivity index (χ0n) is 13.9. The van der Waals surface area contributed by atoms with Crippen LogP contribution in [0.15, 0.2) is 59.1 Å². The summed E-state index contributed by atoms with van der Waals surface area (Å²) in [6, 6.07) is 16.9. The second kappa shape index (κ2) is 8.27. The van der Waals surface area contributed by atoms with Gasteiger partial charge in [-0.25, -0.2) is 0 Å². The Kier molecular flexibility index (Phi) is 5.83. The number of hydrogen-bond acceptors (Lipinski definition) is 2. The molecule has 1 fully saturated rings. The van der Waals surface area contributed by atoms with E-state index in [-0.39, 0.29) is 11.8 Å². The molecule has 1 aliphatic heterocycles. The second-order valence-corrected chi connectivity index (χ2v) is 7.06. The molecule has 5 nitrogen and oxygen atoms in total. The largest absolute Gasteiger partial charge is 0.327 e. The monoisotopic (exact) mass is 402 g/mol. The van der Waals surface area contributed by atoms with E-state index in [0.29, 0.717) is 19.6 Å². The van der Waals surface area contributed by atoms with Crippen molar-refractivity contribution in [3.8, 4) is 0 Å². The van der Waals surface area contributed by atoms with Crippen LogP contribution >= 0.6 is 15.9 Å². The molecule has 2 amide bonds. The minimum absolute atomic E-state index is 0.00376. The molecule has 0 aromatic heterocycles. The zero-order valence-corrected chi connectivity index (χ0v) is 15.5. The van der Waals surface area contributed by atoms with Gasteiger partial charge in [-0.1, -0.05) is 40.2 Å². The van der Waals surface area contributed by atoms with E-state index in [1.807, 2.05) is 59.5 Å². The van der Waals surface area contributed by atoms with E-state index in [4.69, 9.17) is 0 Å². The van der Waals surface area contributed by atoms with Crippen LogP contribution in [0.5, 0.6) is 0 Å². The van der Waals surface area contributed by atoms with Gasteiger partial charge in [-0.05, 0) is 30.3 Å². The number of hydrogen-bond donors (Lipinski definition) is 2. The molecule has 1 saturated heterocycles. The summed E-state index contributed by atoms with van der Waals surface area (Å²) in [5.41, 5.74) is 1.51. The van der Waals surface area contributed by atoms with E-state index in [1.165, 1.54) is 4.90 Å². The zero-order chi connectivity index (χ0) is 17.6. The Hall–Kier alpha value is -2.18. The average Bonchev–Trinajstić information content (AvgIpc) is 2.62. The summed E-state index contributed by atoms with van der Waals surface area (Å²) >= 11 is 3.40. The molecule has 0 aliphatic carbocycles. The van der Waals surface area contributed by atoms with Crippen molar-refractivity contribution in [1.82, 2.24) is 4.90 Å². The van der Waals surface area contributed by atoms with Gasteiger partial charge in [-0.2, -0.15) is 0 Å². The lowest BCUT2D eigenvalue weighted by molar-refractivity contribution is -0.895. The standard InChI is InChI=1S/C19H20BrN3O2/c20-16-7-4-8-17(13-16)21-18(24)14-22-9-11-23(12-10-22)19(25)15-5-2-1-3-6-15/h1-8,13H,9-12,14H2,(H,21,24)/p+1. The predicted molar refractivity (Wildman–Crippen MR) is 101 cm³/mol. The van der Waals surface area contributed by atoms with Crippen LogP contribution in [-0.4, -0.2) is 49.4 Å². The van der Waals surface area contributed by atoms with Crippen LogP contribution in [0, 0.1) is 0 Å². The first-order chi connectivity index (χ1) is 12.1. The van der Waals surface area contributed by atoms with Crippen LogP contribution < -0.4 is 10.2 Å². The first-order valence-corrected chi connectivity index (χ1v) is 9.14. The lowest BCUT2D eigenvalue weighted by Gasteiger charge is -2.32. The molecule has 0 unspecified atom stereocenters. The minimum atomic E-state index is -0.00376. The molecule has 0 spiro atoms. The molecular weight excluding hydrogens is 382 g/mol. The third-order valence-corrected chi connectivity index (χ3v) is 4.79. The number of benzene rings is 2. The highest BCUT2D eigenvalue weighted by Crippen LogP contribution is 2.15. The molecule has 0 radical (unpaired) electrons. The molecule has 1 aliphatic rings. The van der Waals surface area contributed by atoms with E-state index in [9.17, 15) is 9.59 Å². The van der Waals surface area contributed by atoms with Crippen molar-refractivity contribution in [1.29, 1.82) is 0 Å². The fourth-order valence-corrected chi connectivity index (χ4v) is 3.36. The van der Waals surface area contributed by atoms with Crippen molar-refractivity contribution >= 4 is 33.4 Å². The summed E-state index contributed by atoms with van der Waals surface area (Å²) in [7, 11) is 0. The van der Waals surface area contributed by atoms with Crippen molar-refractivity contribution in [3.05, 3.63) is 64.6 Å². The van der Waals surface area contributed by atoms with E-state index < -0.39 is 0 Å². The second-order valence-electron chi connectivity index (χ2n) is 6.14. The maximum Gasteiger partial charge on any atom is 0.279 e. The Morgan fingerprint density at radius 1 is 1.04 bits per heavy atom. The molecule has 0 bridgehead atoms. The lowest BCUT2D eigenvalue weighted by Crippen LogP contribution is -3.15. The molecule has 2 aromatic rings. The highest BCUT2D eigenvalue weighted by Gasteiger charge is 2.25. The molecule has 0 atom stereocenters. The smallest absolute Gasteiger partial charge is 0.279 e. The van der Waals surface area contributed by atoms with E-state index in [1.54, 1.807) is 0 Å². The van der Waals surface area contributed by atoms with Crippen molar-refractivity contribution in [2.45, 2.75) is 0 Å². The first kappa shape index (κ1) is 17.6. The number of nitrogens with one attached hydrogen (secondary N) is 2. The number of nitrogens with zero attached hydrogens (tertiary/aromatic N) is 1. The topological polar surface area (TPSA) is 53.9 Å². The number of carbonyl (C=O) groups is 2. The molecular formula is C19H21BrN3O2+. The van der Waals surface area contributed by atoms with Gasteiger partial charge in [-0.3, -0.25) is 9.59 Å². The number of amides is 2. The Morgan fingerprint density at radius 3 is 2.44 bits per heavy atom. The molecule has 25 heavy (non-hydrogen) atoms. The van der Waals surface area contributed by atoms with Crippen LogP contribution in [0.1, 0.15) is 10.4 Å². The highest BCUT2D eigenvalue weighted by atomic mass is 79.9. The van der Waals surface area contributed by atoms with Crippen LogP contribution in [-0.2, 0) is 4.79 Å². The van der Waals surface area contributed by atoms with Gasteiger partial charge in [0.25, 0.3) is 11.8 Å². The number of quaternary nitrogens is 1. The van der Waals surface area contributed by atoms with Crippen LogP contribution in [0.2, 0.25) is 0 Å². The minimum Gasteiger partial charge on any atom is -0.327 e. The Balaban J connectivity index is 1.47. The van der Waals surface area contributed by atoms with Gasteiger partial charge in [-0.15, -0.1) is 0 Å². The molecule has 2 aromatic carbocycles. The summed E-state index contributed by atoms with van der Waals surface area (Å²) in [5.74, 6) is 0.0640.